The van der Waals surface area contributed by atoms with Gasteiger partial charge in [-0.25, -0.2) is 17.2 Å². The molecule has 0 N–H and O–H groups in total. The number of halogens is 2. The van der Waals surface area contributed by atoms with Crippen LogP contribution in [-0.2, 0) is 10.0 Å². The minimum absolute atomic E-state index is 0.0259. The van der Waals surface area contributed by atoms with Crippen molar-refractivity contribution in [2.45, 2.75) is 11.3 Å². The normalized spacial score (nSPS) is 17.4. The first-order valence-electron chi connectivity index (χ1n) is 5.24. The zero-order valence-corrected chi connectivity index (χ0v) is 10.1. The van der Waals surface area contributed by atoms with Crippen LogP contribution in [0, 0.1) is 17.2 Å². The summed E-state index contributed by atoms with van der Waals surface area (Å²) in [5, 5.41) is 8.84. The van der Waals surface area contributed by atoms with Crippen molar-refractivity contribution in [3.63, 3.8) is 0 Å². The highest BCUT2D eigenvalue weighted by Gasteiger charge is 2.41. The number of sulfonamides is 1. The molecular weight excluding hydrogens is 262 g/mol. The molecule has 0 unspecified atom stereocenters. The molecule has 1 saturated heterocycles. The number of nitriles is 1. The zero-order chi connectivity index (χ0) is 13.3. The van der Waals surface area contributed by atoms with E-state index in [1.807, 2.05) is 0 Å². The number of hydrogen-bond donors (Lipinski definition) is 0. The predicted octanol–water partition coefficient (Wildman–Crippen LogP) is 1.44. The Kier molecular flexibility index (Phi) is 3.32. The van der Waals surface area contributed by atoms with Crippen LogP contribution in [0.1, 0.15) is 5.56 Å². The Morgan fingerprint density at radius 2 is 1.94 bits per heavy atom. The average molecular weight is 272 g/mol. The fraction of sp³-hybridized carbons (Fsp3) is 0.364. The predicted molar refractivity (Wildman–Crippen MR) is 59.4 cm³/mol. The highest BCUT2D eigenvalue weighted by atomic mass is 32.2. The van der Waals surface area contributed by atoms with Crippen molar-refractivity contribution in [3.8, 4) is 6.07 Å². The van der Waals surface area contributed by atoms with E-state index in [2.05, 4.69) is 0 Å². The summed E-state index contributed by atoms with van der Waals surface area (Å²) >= 11 is 0. The molecule has 1 aromatic carbocycles. The Bertz CT molecular complexity index is 589. The molecule has 1 aliphatic heterocycles. The van der Waals surface area contributed by atoms with Crippen LogP contribution in [0.4, 0.5) is 8.78 Å². The first-order chi connectivity index (χ1) is 8.46. The van der Waals surface area contributed by atoms with Crippen molar-refractivity contribution in [3.05, 3.63) is 29.8 Å². The smallest absolute Gasteiger partial charge is 0.210 e. The van der Waals surface area contributed by atoms with Gasteiger partial charge in [-0.2, -0.15) is 9.57 Å². The molecule has 1 heterocycles. The topological polar surface area (TPSA) is 61.2 Å². The van der Waals surface area contributed by atoms with Crippen molar-refractivity contribution in [2.24, 2.45) is 5.92 Å². The molecule has 0 aliphatic carbocycles. The summed E-state index contributed by atoms with van der Waals surface area (Å²) in [7, 11) is -3.83. The van der Waals surface area contributed by atoms with E-state index >= 15 is 0 Å². The number of nitrogens with zero attached hydrogens (tertiary/aromatic N) is 2. The second kappa shape index (κ2) is 4.63. The number of benzene rings is 1. The molecule has 2 rings (SSSR count). The van der Waals surface area contributed by atoms with Gasteiger partial charge in [0.1, 0.15) is 6.07 Å². The van der Waals surface area contributed by atoms with E-state index in [1.165, 1.54) is 18.2 Å². The lowest BCUT2D eigenvalue weighted by atomic mass is 10.1. The average Bonchev–Trinajstić information content (AvgIpc) is 2.26. The number of alkyl halides is 2. The largest absolute Gasteiger partial charge is 0.244 e. The molecule has 7 heteroatoms. The molecular formula is C11H10F2N2O2S. The Morgan fingerprint density at radius 1 is 1.33 bits per heavy atom. The zero-order valence-electron chi connectivity index (χ0n) is 9.25. The monoisotopic (exact) mass is 272 g/mol. The van der Waals surface area contributed by atoms with Gasteiger partial charge in [0, 0.05) is 19.0 Å². The lowest BCUT2D eigenvalue weighted by Crippen LogP contribution is -2.52. The van der Waals surface area contributed by atoms with E-state index in [4.69, 9.17) is 5.26 Å². The summed E-state index contributed by atoms with van der Waals surface area (Å²) < 4.78 is 49.8. The van der Waals surface area contributed by atoms with E-state index in [1.54, 1.807) is 12.1 Å². The SMILES string of the molecule is N#Cc1ccccc1S(=O)(=O)N1CC(C(F)F)C1. The Labute approximate surface area is 103 Å². The lowest BCUT2D eigenvalue weighted by Gasteiger charge is -2.37. The first-order valence-corrected chi connectivity index (χ1v) is 6.68. The summed E-state index contributed by atoms with van der Waals surface area (Å²) in [6.07, 6.45) is -2.51. The van der Waals surface area contributed by atoms with Gasteiger partial charge in [0.15, 0.2) is 0 Å². The molecule has 0 bridgehead atoms. The van der Waals surface area contributed by atoms with E-state index in [0.717, 1.165) is 4.31 Å². The van der Waals surface area contributed by atoms with E-state index < -0.39 is 22.4 Å². The summed E-state index contributed by atoms with van der Waals surface area (Å²) in [6, 6.07) is 7.53. The van der Waals surface area contributed by atoms with Gasteiger partial charge in [0.25, 0.3) is 0 Å². The Hall–Kier alpha value is -1.52. The van der Waals surface area contributed by atoms with E-state index in [0.29, 0.717) is 0 Å². The van der Waals surface area contributed by atoms with Gasteiger partial charge in [0.05, 0.1) is 10.5 Å². The van der Waals surface area contributed by atoms with Gasteiger partial charge in [-0.1, -0.05) is 12.1 Å². The Balaban J connectivity index is 2.26. The van der Waals surface area contributed by atoms with Crippen LogP contribution < -0.4 is 0 Å². The standard InChI is InChI=1S/C11H10F2N2O2S/c12-11(13)9-6-15(7-9)18(16,17)10-4-2-1-3-8(10)5-14/h1-4,9,11H,6-7H2. The molecule has 4 nitrogen and oxygen atoms in total. The second-order valence-electron chi connectivity index (χ2n) is 4.02. The Morgan fingerprint density at radius 3 is 2.50 bits per heavy atom. The third-order valence-corrected chi connectivity index (χ3v) is 4.75. The van der Waals surface area contributed by atoms with Crippen molar-refractivity contribution in [1.82, 2.24) is 4.31 Å². The molecule has 0 atom stereocenters. The number of hydrogen-bond acceptors (Lipinski definition) is 3. The van der Waals surface area contributed by atoms with Crippen molar-refractivity contribution < 1.29 is 17.2 Å². The van der Waals surface area contributed by atoms with Crippen LogP contribution in [0.2, 0.25) is 0 Å². The summed E-state index contributed by atoms with van der Waals surface area (Å²) in [5.74, 6) is -0.908. The van der Waals surface area contributed by atoms with Crippen LogP contribution >= 0.6 is 0 Å². The van der Waals surface area contributed by atoms with Crippen LogP contribution in [0.25, 0.3) is 0 Å². The van der Waals surface area contributed by atoms with Crippen LogP contribution in [-0.4, -0.2) is 32.2 Å². The summed E-state index contributed by atoms with van der Waals surface area (Å²) in [4.78, 5) is -0.125. The maximum absolute atomic E-state index is 12.3. The lowest BCUT2D eigenvalue weighted by molar-refractivity contribution is 0.0123. The number of rotatable bonds is 3. The van der Waals surface area contributed by atoms with E-state index in [-0.39, 0.29) is 23.5 Å². The minimum Gasteiger partial charge on any atom is -0.210 e. The third-order valence-electron chi connectivity index (χ3n) is 2.86. The maximum atomic E-state index is 12.3. The molecule has 0 radical (unpaired) electrons. The van der Waals surface area contributed by atoms with Gasteiger partial charge in [-0.05, 0) is 12.1 Å². The van der Waals surface area contributed by atoms with Gasteiger partial charge in [-0.15, -0.1) is 0 Å². The molecule has 1 aromatic rings. The molecule has 18 heavy (non-hydrogen) atoms. The van der Waals surface area contributed by atoms with Crippen LogP contribution in [0.15, 0.2) is 29.2 Å². The van der Waals surface area contributed by atoms with Gasteiger partial charge >= 0.3 is 0 Å². The molecule has 96 valence electrons. The molecule has 0 aromatic heterocycles. The first kappa shape index (κ1) is 12.9. The highest BCUT2D eigenvalue weighted by Crippen LogP contribution is 2.29. The molecule has 0 amide bonds. The van der Waals surface area contributed by atoms with Gasteiger partial charge in [-0.3, -0.25) is 0 Å². The third kappa shape index (κ3) is 2.09. The van der Waals surface area contributed by atoms with Crippen molar-refractivity contribution in [1.29, 1.82) is 5.26 Å². The quantitative estimate of drug-likeness (QED) is 0.836. The van der Waals surface area contributed by atoms with Gasteiger partial charge in [0.2, 0.25) is 16.4 Å². The maximum Gasteiger partial charge on any atom is 0.244 e. The second-order valence-corrected chi connectivity index (χ2v) is 5.93. The van der Waals surface area contributed by atoms with E-state index in [9.17, 15) is 17.2 Å². The van der Waals surface area contributed by atoms with Crippen molar-refractivity contribution >= 4 is 10.0 Å². The summed E-state index contributed by atoms with van der Waals surface area (Å²) in [5.41, 5.74) is 0.0259. The van der Waals surface area contributed by atoms with Crippen LogP contribution in [0.5, 0.6) is 0 Å². The fourth-order valence-corrected chi connectivity index (χ4v) is 3.44. The molecule has 0 spiro atoms. The fourth-order valence-electron chi connectivity index (χ4n) is 1.75. The highest BCUT2D eigenvalue weighted by molar-refractivity contribution is 7.89. The summed E-state index contributed by atoms with van der Waals surface area (Å²) in [6.45, 7) is -0.389. The molecule has 0 saturated carbocycles. The molecule has 1 aliphatic rings. The molecule has 1 fully saturated rings. The van der Waals surface area contributed by atoms with Gasteiger partial charge < -0.3 is 0 Å². The van der Waals surface area contributed by atoms with Crippen LogP contribution in [0.3, 0.4) is 0 Å². The van der Waals surface area contributed by atoms with Crippen molar-refractivity contribution in [2.75, 3.05) is 13.1 Å². The minimum atomic E-state index is -3.83.